The summed E-state index contributed by atoms with van der Waals surface area (Å²) in [5.41, 5.74) is 3.23. The van der Waals surface area contributed by atoms with Crippen molar-refractivity contribution in [2.24, 2.45) is 5.73 Å². The van der Waals surface area contributed by atoms with Gasteiger partial charge >= 0.3 is 6.18 Å². The van der Waals surface area contributed by atoms with Gasteiger partial charge in [0, 0.05) is 0 Å². The van der Waals surface area contributed by atoms with Crippen LogP contribution in [0.25, 0.3) is 0 Å². The second-order valence-corrected chi connectivity index (χ2v) is 1.34. The maximum atomic E-state index is 11.2. The lowest BCUT2D eigenvalue weighted by Crippen LogP contribution is -2.18. The van der Waals surface area contributed by atoms with Crippen LogP contribution in [0, 0.1) is 0 Å². The van der Waals surface area contributed by atoms with Gasteiger partial charge < -0.3 is 5.73 Å². The molecule has 0 spiro atoms. The maximum Gasteiger partial charge on any atom is 0.431 e. The van der Waals surface area contributed by atoms with Gasteiger partial charge in [0.15, 0.2) is 0 Å². The predicted molar refractivity (Wildman–Crippen MR) is 27.3 cm³/mol. The highest BCUT2D eigenvalue weighted by molar-refractivity contribution is 7.83. The van der Waals surface area contributed by atoms with E-state index in [-0.39, 0.29) is 0 Å². The average Bonchev–Trinajstić information content (AvgIpc) is 1.62. The second-order valence-electron chi connectivity index (χ2n) is 1.08. The molecular weight excluding hydrogens is 139 g/mol. The van der Waals surface area contributed by atoms with Crippen molar-refractivity contribution in [3.8, 4) is 0 Å². The Bertz CT molecular complexity index is 106. The molecule has 0 aliphatic rings. The van der Waals surface area contributed by atoms with Crippen molar-refractivity contribution in [3.63, 3.8) is 0 Å². The molecule has 8 heavy (non-hydrogen) atoms. The van der Waals surface area contributed by atoms with Gasteiger partial charge in [0.1, 0.15) is 5.70 Å². The van der Waals surface area contributed by atoms with Crippen LogP contribution in [0.5, 0.6) is 0 Å². The molecule has 0 unspecified atom stereocenters. The van der Waals surface area contributed by atoms with Crippen molar-refractivity contribution in [1.29, 1.82) is 0 Å². The van der Waals surface area contributed by atoms with Gasteiger partial charge in [-0.25, -0.2) is 0 Å². The minimum Gasteiger partial charge on any atom is -0.394 e. The first-order chi connectivity index (χ1) is 3.48. The molecule has 1 nitrogen and oxygen atoms in total. The molecule has 0 aliphatic carbocycles. The van der Waals surface area contributed by atoms with Crippen LogP contribution >= 0.6 is 12.6 Å². The third-order valence-corrected chi connectivity index (χ3v) is 0.745. The molecule has 0 aliphatic heterocycles. The summed E-state index contributed by atoms with van der Waals surface area (Å²) in [6.07, 6.45) is -4.43. The van der Waals surface area contributed by atoms with Crippen molar-refractivity contribution in [2.45, 2.75) is 6.18 Å². The summed E-state index contributed by atoms with van der Waals surface area (Å²) < 4.78 is 33.6. The summed E-state index contributed by atoms with van der Waals surface area (Å²) >= 11 is 3.20. The van der Waals surface area contributed by atoms with Crippen molar-refractivity contribution < 1.29 is 13.2 Å². The zero-order valence-corrected chi connectivity index (χ0v) is 4.63. The summed E-state index contributed by atoms with van der Waals surface area (Å²) in [5, 5.41) is 0.514. The molecular formula is C3H4F3NS. The molecule has 2 N–H and O–H groups in total. The van der Waals surface area contributed by atoms with Crippen LogP contribution < -0.4 is 5.73 Å². The van der Waals surface area contributed by atoms with E-state index in [9.17, 15) is 13.2 Å². The van der Waals surface area contributed by atoms with Crippen LogP contribution in [0.15, 0.2) is 11.1 Å². The van der Waals surface area contributed by atoms with E-state index in [4.69, 9.17) is 0 Å². The SMILES string of the molecule is N/C(=C\S)C(F)(F)F. The number of nitrogens with two attached hydrogens (primary N) is 1. The minimum absolute atomic E-state index is 0.514. The Kier molecular flexibility index (Phi) is 2.21. The van der Waals surface area contributed by atoms with E-state index in [1.54, 1.807) is 0 Å². The predicted octanol–water partition coefficient (Wildman–Crippen LogP) is 1.28. The molecule has 0 heterocycles. The van der Waals surface area contributed by atoms with Gasteiger partial charge in [-0.05, 0) is 5.41 Å². The molecule has 0 rings (SSSR count). The molecule has 0 bridgehead atoms. The fourth-order valence-corrected chi connectivity index (χ4v) is 0.220. The molecule has 0 aromatic carbocycles. The van der Waals surface area contributed by atoms with Gasteiger partial charge in [0.05, 0.1) is 0 Å². The average molecular weight is 143 g/mol. The number of alkyl halides is 3. The van der Waals surface area contributed by atoms with E-state index in [0.717, 1.165) is 0 Å². The first-order valence-electron chi connectivity index (χ1n) is 1.65. The Hall–Kier alpha value is -0.320. The molecule has 0 radical (unpaired) electrons. The van der Waals surface area contributed by atoms with Gasteiger partial charge in [-0.1, -0.05) is 0 Å². The number of rotatable bonds is 0. The third kappa shape index (κ3) is 2.11. The lowest BCUT2D eigenvalue weighted by atomic mass is 10.5. The Morgan fingerprint density at radius 3 is 1.88 bits per heavy atom. The number of thiol groups is 1. The van der Waals surface area contributed by atoms with Crippen LogP contribution in [0.3, 0.4) is 0 Å². The van der Waals surface area contributed by atoms with E-state index in [0.29, 0.717) is 5.41 Å². The zero-order valence-electron chi connectivity index (χ0n) is 3.74. The smallest absolute Gasteiger partial charge is 0.394 e. The number of allylic oxidation sites excluding steroid dienone is 1. The van der Waals surface area contributed by atoms with E-state index in [1.165, 1.54) is 0 Å². The normalized spacial score (nSPS) is 14.2. The highest BCUT2D eigenvalue weighted by Gasteiger charge is 2.30. The fourth-order valence-electron chi connectivity index (χ4n) is 0.0732. The zero-order chi connectivity index (χ0) is 6.78. The van der Waals surface area contributed by atoms with Gasteiger partial charge in [0.2, 0.25) is 0 Å². The second kappa shape index (κ2) is 2.30. The van der Waals surface area contributed by atoms with Gasteiger partial charge in [-0.15, -0.1) is 12.6 Å². The Balaban J connectivity index is 4.03. The summed E-state index contributed by atoms with van der Waals surface area (Å²) in [6, 6.07) is 0. The number of hydrogen-bond acceptors (Lipinski definition) is 2. The van der Waals surface area contributed by atoms with Crippen LogP contribution in [0.4, 0.5) is 13.2 Å². The van der Waals surface area contributed by atoms with Crippen molar-refractivity contribution in [3.05, 3.63) is 11.1 Å². The molecule has 0 atom stereocenters. The topological polar surface area (TPSA) is 26.0 Å². The van der Waals surface area contributed by atoms with E-state index in [1.807, 2.05) is 0 Å². The van der Waals surface area contributed by atoms with E-state index >= 15 is 0 Å². The van der Waals surface area contributed by atoms with E-state index in [2.05, 4.69) is 18.4 Å². The summed E-state index contributed by atoms with van der Waals surface area (Å²) in [5.74, 6) is 0. The monoisotopic (exact) mass is 143 g/mol. The highest BCUT2D eigenvalue weighted by atomic mass is 32.1. The summed E-state index contributed by atoms with van der Waals surface area (Å²) in [6.45, 7) is 0. The minimum atomic E-state index is -4.43. The van der Waals surface area contributed by atoms with Gasteiger partial charge in [0.25, 0.3) is 0 Å². The Morgan fingerprint density at radius 1 is 1.50 bits per heavy atom. The first-order valence-corrected chi connectivity index (χ1v) is 2.17. The van der Waals surface area contributed by atoms with E-state index < -0.39 is 11.9 Å². The molecule has 0 aromatic heterocycles. The Labute approximate surface area is 49.8 Å². The molecule has 0 saturated heterocycles. The highest BCUT2D eigenvalue weighted by Crippen LogP contribution is 2.21. The Morgan fingerprint density at radius 2 is 1.88 bits per heavy atom. The number of hydrogen-bond donors (Lipinski definition) is 2. The van der Waals surface area contributed by atoms with Crippen LogP contribution in [0.2, 0.25) is 0 Å². The standard InChI is InChI=1S/C3H4F3NS/c4-3(5,6)2(7)1-8/h1,8H,7H2/b2-1-. The lowest BCUT2D eigenvalue weighted by Gasteiger charge is -2.02. The molecule has 0 fully saturated rings. The van der Waals surface area contributed by atoms with Crippen LogP contribution in [-0.4, -0.2) is 6.18 Å². The summed E-state index contributed by atoms with van der Waals surface area (Å²) in [4.78, 5) is 0. The molecule has 0 amide bonds. The van der Waals surface area contributed by atoms with Crippen LogP contribution in [0.1, 0.15) is 0 Å². The maximum absolute atomic E-state index is 11.2. The lowest BCUT2D eigenvalue weighted by molar-refractivity contribution is -0.0923. The quantitative estimate of drug-likeness (QED) is 0.491. The molecule has 5 heteroatoms. The van der Waals surface area contributed by atoms with Crippen molar-refractivity contribution in [2.75, 3.05) is 0 Å². The third-order valence-electron chi connectivity index (χ3n) is 0.466. The first kappa shape index (κ1) is 7.68. The fraction of sp³-hybridized carbons (Fsp3) is 0.333. The molecule has 48 valence electrons. The molecule has 0 aromatic rings. The number of halogens is 3. The molecule has 0 saturated carbocycles. The van der Waals surface area contributed by atoms with Crippen LogP contribution in [-0.2, 0) is 0 Å². The van der Waals surface area contributed by atoms with Crippen molar-refractivity contribution in [1.82, 2.24) is 0 Å². The van der Waals surface area contributed by atoms with Crippen molar-refractivity contribution >= 4 is 12.6 Å². The van der Waals surface area contributed by atoms with Gasteiger partial charge in [-0.3, -0.25) is 0 Å². The van der Waals surface area contributed by atoms with Gasteiger partial charge in [-0.2, -0.15) is 13.2 Å². The largest absolute Gasteiger partial charge is 0.431 e. The summed E-state index contributed by atoms with van der Waals surface area (Å²) in [7, 11) is 0.